The van der Waals surface area contributed by atoms with E-state index in [9.17, 15) is 29.8 Å². The number of aromatic nitrogens is 1. The van der Waals surface area contributed by atoms with Crippen LogP contribution in [0, 0.1) is 20.2 Å². The molecule has 3 aromatic rings. The van der Waals surface area contributed by atoms with Crippen LogP contribution in [-0.2, 0) is 11.3 Å². The minimum Gasteiger partial charge on any atom is -1.00 e. The number of nitro groups is 2. The molecule has 0 saturated heterocycles. The lowest BCUT2D eigenvalue weighted by atomic mass is 10.1. The summed E-state index contributed by atoms with van der Waals surface area (Å²) in [6.07, 6.45) is 2.57. The molecule has 1 atom stereocenters. The summed E-state index contributed by atoms with van der Waals surface area (Å²) in [5, 5.41) is 21.7. The highest BCUT2D eigenvalue weighted by molar-refractivity contribution is 6.32. The maximum atomic E-state index is 12.5. The highest BCUT2D eigenvalue weighted by Crippen LogP contribution is 2.26. The molecule has 0 aliphatic heterocycles. The quantitative estimate of drug-likeness (QED) is 0.135. The van der Waals surface area contributed by atoms with Gasteiger partial charge in [-0.15, -0.1) is 0 Å². The van der Waals surface area contributed by atoms with E-state index in [0.717, 1.165) is 6.07 Å². The lowest BCUT2D eigenvalue weighted by molar-refractivity contribution is -0.683. The Hall–Kier alpha value is -3.70. The molecule has 0 amide bonds. The Morgan fingerprint density at radius 3 is 2.29 bits per heavy atom. The lowest BCUT2D eigenvalue weighted by Gasteiger charge is -2.13. The number of ether oxygens (including phenoxy) is 1. The number of rotatable bonds is 8. The highest BCUT2D eigenvalue weighted by atomic mass is 79.9. The Labute approximate surface area is 208 Å². The number of benzene rings is 2. The number of nitro benzene ring substituents is 2. The molecule has 1 heterocycles. The SMILES string of the molecule is CC(OC(=O)c1ccc(Cl)c([N+](=O)[O-])c1)c1ccc[n+](CC(=O)c2ccc([N+](=O)[O-])cc2)c1.[Br-]. The number of pyridine rings is 1. The molecular formula is C22H17BrClN3O7. The molecule has 34 heavy (non-hydrogen) atoms. The third kappa shape index (κ3) is 6.42. The fourth-order valence-electron chi connectivity index (χ4n) is 2.98. The van der Waals surface area contributed by atoms with Gasteiger partial charge in [0.2, 0.25) is 12.3 Å². The smallest absolute Gasteiger partial charge is 0.338 e. The van der Waals surface area contributed by atoms with E-state index in [4.69, 9.17) is 16.3 Å². The number of Topliss-reactive ketones (excluding diaryl/α,β-unsaturated/α-hetero) is 1. The van der Waals surface area contributed by atoms with Gasteiger partial charge >= 0.3 is 5.97 Å². The van der Waals surface area contributed by atoms with Gasteiger partial charge in [-0.1, -0.05) is 11.6 Å². The third-order valence-corrected chi connectivity index (χ3v) is 5.06. The van der Waals surface area contributed by atoms with Crippen molar-refractivity contribution in [1.29, 1.82) is 0 Å². The average Bonchev–Trinajstić information content (AvgIpc) is 2.79. The van der Waals surface area contributed by atoms with Gasteiger partial charge in [-0.2, -0.15) is 4.57 Å². The fourth-order valence-corrected chi connectivity index (χ4v) is 3.17. The van der Waals surface area contributed by atoms with E-state index in [2.05, 4.69) is 0 Å². The molecule has 0 saturated carbocycles. The van der Waals surface area contributed by atoms with Gasteiger partial charge in [0.05, 0.1) is 21.0 Å². The van der Waals surface area contributed by atoms with Crippen LogP contribution in [-0.4, -0.2) is 21.6 Å². The molecule has 10 nitrogen and oxygen atoms in total. The Bertz CT molecular complexity index is 1250. The van der Waals surface area contributed by atoms with Crippen LogP contribution in [0.5, 0.6) is 0 Å². The summed E-state index contributed by atoms with van der Waals surface area (Å²) in [6.45, 7) is 1.59. The molecule has 1 aromatic heterocycles. The van der Waals surface area contributed by atoms with Crippen LogP contribution < -0.4 is 21.5 Å². The van der Waals surface area contributed by atoms with Crippen molar-refractivity contribution in [2.75, 3.05) is 0 Å². The first-order chi connectivity index (χ1) is 15.7. The van der Waals surface area contributed by atoms with Crippen LogP contribution in [0.2, 0.25) is 5.02 Å². The van der Waals surface area contributed by atoms with Crippen molar-refractivity contribution in [3.8, 4) is 0 Å². The van der Waals surface area contributed by atoms with Crippen LogP contribution in [0.15, 0.2) is 67.0 Å². The summed E-state index contributed by atoms with van der Waals surface area (Å²) >= 11 is 5.77. The predicted molar refractivity (Wildman–Crippen MR) is 116 cm³/mol. The molecule has 0 aliphatic carbocycles. The molecule has 176 valence electrons. The van der Waals surface area contributed by atoms with E-state index >= 15 is 0 Å². The van der Waals surface area contributed by atoms with Crippen molar-refractivity contribution in [1.82, 2.24) is 0 Å². The van der Waals surface area contributed by atoms with Gasteiger partial charge in [-0.05, 0) is 37.3 Å². The average molecular weight is 551 g/mol. The zero-order chi connectivity index (χ0) is 24.1. The number of carbonyl (C=O) groups excluding carboxylic acids is 2. The van der Waals surface area contributed by atoms with E-state index in [-0.39, 0.29) is 45.6 Å². The molecule has 3 rings (SSSR count). The van der Waals surface area contributed by atoms with Crippen molar-refractivity contribution in [3.05, 3.63) is 109 Å². The summed E-state index contributed by atoms with van der Waals surface area (Å²) in [5.74, 6) is -1.02. The molecule has 0 fully saturated rings. The van der Waals surface area contributed by atoms with Crippen molar-refractivity contribution in [3.63, 3.8) is 0 Å². The molecule has 2 aromatic carbocycles. The maximum absolute atomic E-state index is 12.5. The minimum absolute atomic E-state index is 0. The molecule has 0 aliphatic rings. The van der Waals surface area contributed by atoms with Gasteiger partial charge < -0.3 is 21.7 Å². The molecule has 12 heteroatoms. The van der Waals surface area contributed by atoms with Crippen molar-refractivity contribution < 1.29 is 45.7 Å². The zero-order valence-corrected chi connectivity index (χ0v) is 19.9. The monoisotopic (exact) mass is 549 g/mol. The second-order valence-corrected chi connectivity index (χ2v) is 7.41. The van der Waals surface area contributed by atoms with Gasteiger partial charge in [0.15, 0.2) is 12.4 Å². The van der Waals surface area contributed by atoms with Crippen LogP contribution >= 0.6 is 11.6 Å². The number of nitrogens with zero attached hydrogens (tertiary/aromatic N) is 3. The lowest BCUT2D eigenvalue weighted by Crippen LogP contribution is -3.00. The van der Waals surface area contributed by atoms with Crippen LogP contribution in [0.4, 0.5) is 11.4 Å². The minimum atomic E-state index is -0.764. The summed E-state index contributed by atoms with van der Waals surface area (Å²) in [4.78, 5) is 45.5. The topological polar surface area (TPSA) is 134 Å². The normalized spacial score (nSPS) is 11.1. The molecule has 0 radical (unpaired) electrons. The molecule has 0 N–H and O–H groups in total. The van der Waals surface area contributed by atoms with E-state index < -0.39 is 27.6 Å². The largest absolute Gasteiger partial charge is 1.00 e. The van der Waals surface area contributed by atoms with Crippen LogP contribution in [0.1, 0.15) is 39.3 Å². The Kier molecular flexibility index (Phi) is 8.93. The second-order valence-electron chi connectivity index (χ2n) is 7.01. The number of carbonyl (C=O) groups is 2. The Balaban J connectivity index is 0.00000408. The van der Waals surface area contributed by atoms with Crippen LogP contribution in [0.25, 0.3) is 0 Å². The molecular weight excluding hydrogens is 534 g/mol. The molecule has 0 bridgehead atoms. The van der Waals surface area contributed by atoms with Crippen LogP contribution in [0.3, 0.4) is 0 Å². The standard InChI is InChI=1S/C22H17ClN3O7.BrH/c1-14(33-22(28)16-6-9-19(23)20(11-16)26(31)32)17-3-2-10-24(12-17)13-21(27)15-4-7-18(8-5-15)25(29)30;/h2-12,14H,13H2,1H3;1H/q+1;/p-1. The van der Waals surface area contributed by atoms with E-state index in [1.807, 2.05) is 0 Å². The summed E-state index contributed by atoms with van der Waals surface area (Å²) in [7, 11) is 0. The van der Waals surface area contributed by atoms with E-state index in [1.54, 1.807) is 36.0 Å². The predicted octanol–water partition coefficient (Wildman–Crippen LogP) is 1.25. The first kappa shape index (κ1) is 26.6. The molecule has 0 spiro atoms. The van der Waals surface area contributed by atoms with Gasteiger partial charge in [-0.3, -0.25) is 25.0 Å². The van der Waals surface area contributed by atoms with E-state index in [0.29, 0.717) is 11.1 Å². The van der Waals surface area contributed by atoms with Crippen molar-refractivity contribution >= 4 is 34.7 Å². The Morgan fingerprint density at radius 1 is 1.03 bits per heavy atom. The number of hydrogen-bond donors (Lipinski definition) is 0. The summed E-state index contributed by atoms with van der Waals surface area (Å²) in [6, 6.07) is 12.3. The van der Waals surface area contributed by atoms with E-state index in [1.165, 1.54) is 36.4 Å². The summed E-state index contributed by atoms with van der Waals surface area (Å²) < 4.78 is 7.00. The first-order valence-electron chi connectivity index (χ1n) is 9.57. The highest BCUT2D eigenvalue weighted by Gasteiger charge is 2.21. The number of non-ortho nitro benzene ring substituents is 1. The Morgan fingerprint density at radius 2 is 1.68 bits per heavy atom. The van der Waals surface area contributed by atoms with Gasteiger partial charge in [0.1, 0.15) is 11.1 Å². The van der Waals surface area contributed by atoms with Crippen molar-refractivity contribution in [2.45, 2.75) is 19.6 Å². The zero-order valence-electron chi connectivity index (χ0n) is 17.6. The number of halogens is 2. The number of hydrogen-bond acceptors (Lipinski definition) is 7. The second kappa shape index (κ2) is 11.4. The van der Waals surface area contributed by atoms with Gasteiger partial charge in [0.25, 0.3) is 11.4 Å². The third-order valence-electron chi connectivity index (χ3n) is 4.74. The first-order valence-corrected chi connectivity index (χ1v) is 9.95. The number of esters is 1. The summed E-state index contributed by atoms with van der Waals surface area (Å²) in [5.41, 5.74) is 0.382. The fraction of sp³-hybridized carbons (Fsp3) is 0.136. The van der Waals surface area contributed by atoms with Gasteiger partial charge in [0, 0.05) is 29.8 Å². The number of ketones is 1. The van der Waals surface area contributed by atoms with Crippen molar-refractivity contribution in [2.24, 2.45) is 0 Å². The molecule has 1 unspecified atom stereocenters. The van der Waals surface area contributed by atoms with Gasteiger partial charge in [-0.25, -0.2) is 4.79 Å². The maximum Gasteiger partial charge on any atom is 0.338 e.